The highest BCUT2D eigenvalue weighted by Crippen LogP contribution is 2.48. The van der Waals surface area contributed by atoms with Gasteiger partial charge in [-0.05, 0) is 105 Å². The quantitative estimate of drug-likeness (QED) is 0.144. The van der Waals surface area contributed by atoms with E-state index in [2.05, 4.69) is 197 Å². The molecule has 1 aliphatic rings. The molecule has 3 aromatic heterocycles. The van der Waals surface area contributed by atoms with E-state index < -0.39 is 0 Å². The summed E-state index contributed by atoms with van der Waals surface area (Å²) in [5.41, 5.74) is 11.2. The van der Waals surface area contributed by atoms with Crippen LogP contribution in [0, 0.1) is 0 Å². The Morgan fingerprint density at radius 1 is 0.614 bits per heavy atom. The van der Waals surface area contributed by atoms with Crippen molar-refractivity contribution in [3.05, 3.63) is 169 Å². The van der Waals surface area contributed by atoms with Crippen LogP contribution in [0.25, 0.3) is 64.4 Å². The van der Waals surface area contributed by atoms with Crippen molar-refractivity contribution in [3.63, 3.8) is 0 Å². The van der Waals surface area contributed by atoms with Gasteiger partial charge in [0.1, 0.15) is 21.5 Å². The highest BCUT2D eigenvalue weighted by atomic mass is 32.1. The second-order valence-corrected chi connectivity index (χ2v) is 15.5. The number of rotatable bonds is 8. The number of benzene rings is 6. The Bertz CT molecular complexity index is 2850. The second-order valence-electron chi connectivity index (χ2n) is 13.5. The first-order chi connectivity index (χ1) is 28.2. The van der Waals surface area contributed by atoms with E-state index in [0.29, 0.717) is 0 Å². The molecule has 6 aromatic carbocycles. The van der Waals surface area contributed by atoms with Crippen molar-refractivity contribution < 1.29 is 4.57 Å². The van der Waals surface area contributed by atoms with Gasteiger partial charge in [-0.2, -0.15) is 4.57 Å². The summed E-state index contributed by atoms with van der Waals surface area (Å²) in [7, 11) is 0. The second kappa shape index (κ2) is 15.7. The average Bonchev–Trinajstić information content (AvgIpc) is 4.05. The maximum absolute atomic E-state index is 4.99. The van der Waals surface area contributed by atoms with Gasteiger partial charge in [-0.15, -0.1) is 22.7 Å². The van der Waals surface area contributed by atoms with Gasteiger partial charge in [0, 0.05) is 29.4 Å². The Morgan fingerprint density at radius 3 is 1.81 bits per heavy atom. The number of para-hydroxylation sites is 4. The number of thiazole rings is 2. The van der Waals surface area contributed by atoms with Crippen LogP contribution < -0.4 is 14.4 Å². The first-order valence-corrected chi connectivity index (χ1v) is 21.3. The van der Waals surface area contributed by atoms with E-state index in [9.17, 15) is 0 Å². The lowest BCUT2D eigenvalue weighted by Crippen LogP contribution is -2.35. The van der Waals surface area contributed by atoms with E-state index in [1.54, 1.807) is 22.7 Å². The predicted octanol–water partition coefficient (Wildman–Crippen LogP) is 13.1. The van der Waals surface area contributed by atoms with Crippen molar-refractivity contribution in [1.82, 2.24) is 14.5 Å². The van der Waals surface area contributed by atoms with Gasteiger partial charge < -0.3 is 4.90 Å². The predicted molar refractivity (Wildman–Crippen MR) is 243 cm³/mol. The van der Waals surface area contributed by atoms with Crippen molar-refractivity contribution in [1.29, 1.82) is 0 Å². The molecule has 0 aliphatic carbocycles. The van der Waals surface area contributed by atoms with Crippen molar-refractivity contribution >= 4 is 77.3 Å². The molecule has 10 rings (SSSR count). The van der Waals surface area contributed by atoms with Gasteiger partial charge in [0.2, 0.25) is 0 Å². The summed E-state index contributed by atoms with van der Waals surface area (Å²) in [6.45, 7) is 10.1. The summed E-state index contributed by atoms with van der Waals surface area (Å²) >= 11 is 3.48. The number of hydrogen-bond donors (Lipinski definition) is 0. The molecule has 0 saturated heterocycles. The molecule has 4 heterocycles. The molecule has 0 N–H and O–H groups in total. The maximum atomic E-state index is 4.99. The summed E-state index contributed by atoms with van der Waals surface area (Å²) in [5.74, 6) is 2.20. The summed E-state index contributed by atoms with van der Waals surface area (Å²) in [5, 5.41) is 2.07. The number of nitrogens with zero attached hydrogens (tertiary/aromatic N) is 6. The van der Waals surface area contributed by atoms with Crippen LogP contribution in [0.3, 0.4) is 0 Å². The first kappa shape index (κ1) is 36.3. The molecule has 0 unspecified atom stereocenters. The molecule has 8 heteroatoms. The zero-order valence-electron chi connectivity index (χ0n) is 32.5. The zero-order valence-corrected chi connectivity index (χ0v) is 34.1. The molecular formula is C49H43N6S2+. The largest absolute Gasteiger partial charge is 0.326 e. The molecule has 0 amide bonds. The molecule has 280 valence electrons. The molecule has 0 atom stereocenters. The third kappa shape index (κ3) is 6.50. The Labute approximate surface area is 341 Å². The summed E-state index contributed by atoms with van der Waals surface area (Å²) < 4.78 is 7.18. The van der Waals surface area contributed by atoms with E-state index in [0.717, 1.165) is 79.5 Å². The number of fused-ring (bicyclic) bond motifs is 4. The van der Waals surface area contributed by atoms with Crippen molar-refractivity contribution in [2.24, 2.45) is 0 Å². The lowest BCUT2D eigenvalue weighted by atomic mass is 10.1. The fourth-order valence-corrected chi connectivity index (χ4v) is 9.68. The van der Waals surface area contributed by atoms with Gasteiger partial charge in [0.05, 0.1) is 38.4 Å². The minimum Gasteiger partial charge on any atom is -0.326 e. The van der Waals surface area contributed by atoms with Crippen LogP contribution in [0.1, 0.15) is 33.5 Å². The van der Waals surface area contributed by atoms with Crippen molar-refractivity contribution in [3.8, 4) is 26.8 Å². The highest BCUT2D eigenvalue weighted by Gasteiger charge is 2.32. The Morgan fingerprint density at radius 2 is 1.19 bits per heavy atom. The summed E-state index contributed by atoms with van der Waals surface area (Å²) in [4.78, 5) is 14.8. The standard InChI is InChI=1S/C47H37N6S2.C2H6/c1-3-50-40-30-32(46-48-36-20-11-13-22-42(36)54-46)26-28-38(40)52(34-16-7-5-8-17-34)44(50)24-15-25-45-51(4-2)41-31-33(47-49-37-21-12-14-23-43(37)55-47)27-29-39(41)53(45)35-18-9-6-10-19-35;1-2/h5-31H,3-4H2,1-2H3;1-2H3/q+1;. The lowest BCUT2D eigenvalue weighted by Gasteiger charge is -2.24. The first-order valence-electron chi connectivity index (χ1n) is 19.7. The van der Waals surface area contributed by atoms with Gasteiger partial charge >= 0.3 is 0 Å². The molecule has 6 nitrogen and oxygen atoms in total. The van der Waals surface area contributed by atoms with Crippen LogP contribution in [0.2, 0.25) is 0 Å². The van der Waals surface area contributed by atoms with E-state index in [1.807, 2.05) is 13.8 Å². The van der Waals surface area contributed by atoms with Gasteiger partial charge in [-0.25, -0.2) is 14.5 Å². The summed E-state index contributed by atoms with van der Waals surface area (Å²) in [6, 6.07) is 51.6. The fourth-order valence-electron chi connectivity index (χ4n) is 7.76. The summed E-state index contributed by atoms with van der Waals surface area (Å²) in [6.07, 6.45) is 6.73. The monoisotopic (exact) mass is 779 g/mol. The topological polar surface area (TPSA) is 41.1 Å². The molecule has 0 radical (unpaired) electrons. The Kier molecular flexibility index (Phi) is 9.97. The third-order valence-electron chi connectivity index (χ3n) is 10.3. The van der Waals surface area contributed by atoms with Crippen LogP contribution in [0.15, 0.2) is 164 Å². The normalized spacial score (nSPS) is 13.3. The van der Waals surface area contributed by atoms with Crippen molar-refractivity contribution in [2.45, 2.75) is 34.2 Å². The number of aryl methyl sites for hydroxylation is 1. The van der Waals surface area contributed by atoms with E-state index in [1.165, 1.54) is 20.6 Å². The lowest BCUT2D eigenvalue weighted by molar-refractivity contribution is -0.670. The molecule has 0 fully saturated rings. The van der Waals surface area contributed by atoms with E-state index in [-0.39, 0.29) is 0 Å². The number of imidazole rings is 1. The number of hydrogen-bond acceptors (Lipinski definition) is 6. The fraction of sp³-hybridized carbons (Fsp3) is 0.122. The van der Waals surface area contributed by atoms with Crippen LogP contribution in [0.4, 0.5) is 17.1 Å². The molecular weight excluding hydrogens is 737 g/mol. The van der Waals surface area contributed by atoms with Crippen LogP contribution >= 0.6 is 22.7 Å². The van der Waals surface area contributed by atoms with E-state index in [4.69, 9.17) is 9.97 Å². The van der Waals surface area contributed by atoms with Gasteiger partial charge in [0.15, 0.2) is 11.0 Å². The number of anilines is 3. The average molecular weight is 780 g/mol. The molecule has 1 aliphatic heterocycles. The Hall–Kier alpha value is -6.35. The van der Waals surface area contributed by atoms with Gasteiger partial charge in [0.25, 0.3) is 5.82 Å². The third-order valence-corrected chi connectivity index (χ3v) is 12.4. The molecule has 57 heavy (non-hydrogen) atoms. The highest BCUT2D eigenvalue weighted by molar-refractivity contribution is 7.22. The Balaban J connectivity index is 0.00000208. The number of allylic oxidation sites excluding steroid dienone is 2. The van der Waals surface area contributed by atoms with Gasteiger partial charge in [-0.3, -0.25) is 4.90 Å². The molecule has 0 bridgehead atoms. The zero-order chi connectivity index (χ0) is 38.9. The van der Waals surface area contributed by atoms with Crippen LogP contribution in [-0.2, 0) is 6.54 Å². The van der Waals surface area contributed by atoms with Crippen molar-refractivity contribution in [2.75, 3.05) is 16.3 Å². The molecule has 0 spiro atoms. The van der Waals surface area contributed by atoms with Crippen LogP contribution in [-0.4, -0.2) is 21.1 Å². The smallest absolute Gasteiger partial charge is 0.287 e. The van der Waals surface area contributed by atoms with Crippen LogP contribution in [0.5, 0.6) is 0 Å². The minimum absolute atomic E-state index is 0.813. The maximum Gasteiger partial charge on any atom is 0.287 e. The SMILES string of the molecule is CC.CCN1/C(=C/C=C/c2n(-c3ccccc3)c3ccc(-c4nc5ccccc5s4)cc3[n+]2CC)N(c2ccccc2)c2ccc(-c3nc4ccccc4s3)cc21. The molecule has 9 aromatic rings. The van der Waals surface area contributed by atoms with Gasteiger partial charge in [-0.1, -0.05) is 80.6 Å². The molecule has 0 saturated carbocycles. The number of aromatic nitrogens is 4. The van der Waals surface area contributed by atoms with E-state index >= 15 is 0 Å². The minimum atomic E-state index is 0.813.